The average Bonchev–Trinajstić information content (AvgIpc) is 2.39. The molecule has 0 heterocycles. The molecule has 0 spiro atoms. The first-order chi connectivity index (χ1) is 8.18. The van der Waals surface area contributed by atoms with E-state index in [0.717, 1.165) is 11.5 Å². The zero-order valence-electron chi connectivity index (χ0n) is 10.3. The largest absolute Gasteiger partial charge is 0.298 e. The minimum atomic E-state index is -0.150. The number of carbonyl (C=O) groups excluding carboxylic acids is 1. The monoisotopic (exact) mass is 294 g/mol. The molecule has 1 aliphatic rings. The van der Waals surface area contributed by atoms with Crippen LogP contribution < -0.4 is 0 Å². The van der Waals surface area contributed by atoms with Crippen LogP contribution in [-0.2, 0) is 4.79 Å². The Kier molecular flexibility index (Phi) is 4.38. The summed E-state index contributed by atoms with van der Waals surface area (Å²) in [6.45, 7) is 1.62. The Labute approximate surface area is 112 Å². The summed E-state index contributed by atoms with van der Waals surface area (Å²) in [6.07, 6.45) is 6.76. The van der Waals surface area contributed by atoms with Crippen LogP contribution in [0.3, 0.4) is 0 Å². The van der Waals surface area contributed by atoms with Gasteiger partial charge in [-0.05, 0) is 36.8 Å². The number of Topliss-reactive ketones (excluding diaryl/α,β-unsaturated/α-hetero) is 1. The molecule has 92 valence electrons. The number of rotatable bonds is 3. The van der Waals surface area contributed by atoms with Gasteiger partial charge in [0.05, 0.1) is 4.83 Å². The molecule has 0 amide bonds. The van der Waals surface area contributed by atoms with Crippen molar-refractivity contribution in [3.05, 3.63) is 35.4 Å². The lowest BCUT2D eigenvalue weighted by Gasteiger charge is -2.22. The number of ketones is 1. The van der Waals surface area contributed by atoms with Gasteiger partial charge in [-0.2, -0.15) is 0 Å². The molecule has 1 nitrogen and oxygen atoms in total. The van der Waals surface area contributed by atoms with Crippen LogP contribution in [0.1, 0.15) is 60.9 Å². The predicted octanol–water partition coefficient (Wildman–Crippen LogP) is 4.76. The second-order valence-electron chi connectivity index (χ2n) is 4.97. The number of hydrogen-bond acceptors (Lipinski definition) is 1. The number of halogens is 1. The summed E-state index contributed by atoms with van der Waals surface area (Å²) in [5.74, 6) is 0.902. The van der Waals surface area contributed by atoms with Gasteiger partial charge in [-0.15, -0.1) is 0 Å². The van der Waals surface area contributed by atoms with Crippen molar-refractivity contribution >= 4 is 21.7 Å². The van der Waals surface area contributed by atoms with E-state index in [1.54, 1.807) is 6.92 Å². The quantitative estimate of drug-likeness (QED) is 0.735. The van der Waals surface area contributed by atoms with Crippen molar-refractivity contribution in [2.24, 2.45) is 0 Å². The molecule has 1 saturated carbocycles. The van der Waals surface area contributed by atoms with Crippen molar-refractivity contribution < 1.29 is 4.79 Å². The van der Waals surface area contributed by atoms with E-state index in [4.69, 9.17) is 0 Å². The highest BCUT2D eigenvalue weighted by atomic mass is 79.9. The Morgan fingerprint density at radius 2 is 1.76 bits per heavy atom. The molecule has 0 aliphatic heterocycles. The van der Waals surface area contributed by atoms with Crippen molar-refractivity contribution in [1.82, 2.24) is 0 Å². The molecule has 0 radical (unpaired) electrons. The lowest BCUT2D eigenvalue weighted by atomic mass is 9.84. The lowest BCUT2D eigenvalue weighted by molar-refractivity contribution is -0.116. The van der Waals surface area contributed by atoms with Gasteiger partial charge in [-0.25, -0.2) is 0 Å². The van der Waals surface area contributed by atoms with Gasteiger partial charge in [-0.3, -0.25) is 4.79 Å². The van der Waals surface area contributed by atoms with Crippen molar-refractivity contribution in [3.8, 4) is 0 Å². The molecule has 1 fully saturated rings. The van der Waals surface area contributed by atoms with E-state index in [-0.39, 0.29) is 10.6 Å². The minimum Gasteiger partial charge on any atom is -0.298 e. The summed E-state index contributed by atoms with van der Waals surface area (Å²) in [6, 6.07) is 8.57. The first-order valence-corrected chi connectivity index (χ1v) is 7.34. The molecule has 0 bridgehead atoms. The van der Waals surface area contributed by atoms with Gasteiger partial charge in [0, 0.05) is 0 Å². The second kappa shape index (κ2) is 5.81. The Bertz CT molecular complexity index is 376. The summed E-state index contributed by atoms with van der Waals surface area (Å²) < 4.78 is 0. The van der Waals surface area contributed by atoms with Gasteiger partial charge in [0.1, 0.15) is 5.78 Å². The fourth-order valence-electron chi connectivity index (χ4n) is 2.61. The Morgan fingerprint density at radius 3 is 2.29 bits per heavy atom. The molecule has 0 aromatic heterocycles. The fraction of sp³-hybridized carbons (Fsp3) is 0.533. The summed E-state index contributed by atoms with van der Waals surface area (Å²) in [5.41, 5.74) is 2.51. The third-order valence-corrected chi connectivity index (χ3v) is 4.84. The number of alkyl halides is 1. The van der Waals surface area contributed by atoms with Gasteiger partial charge in [-0.1, -0.05) is 59.5 Å². The molecule has 1 aromatic rings. The van der Waals surface area contributed by atoms with E-state index < -0.39 is 0 Å². The van der Waals surface area contributed by atoms with Crippen LogP contribution in [0, 0.1) is 0 Å². The average molecular weight is 295 g/mol. The maximum atomic E-state index is 11.3. The molecule has 1 aromatic carbocycles. The van der Waals surface area contributed by atoms with Gasteiger partial charge < -0.3 is 0 Å². The van der Waals surface area contributed by atoms with Crippen LogP contribution in [0.4, 0.5) is 0 Å². The normalized spacial score (nSPS) is 18.9. The number of carbonyl (C=O) groups is 1. The molecule has 0 saturated heterocycles. The highest BCUT2D eigenvalue weighted by molar-refractivity contribution is 9.09. The summed E-state index contributed by atoms with van der Waals surface area (Å²) in [7, 11) is 0. The van der Waals surface area contributed by atoms with Crippen molar-refractivity contribution in [2.45, 2.75) is 49.8 Å². The van der Waals surface area contributed by atoms with E-state index in [2.05, 4.69) is 40.2 Å². The highest BCUT2D eigenvalue weighted by Gasteiger charge is 2.17. The van der Waals surface area contributed by atoms with Gasteiger partial charge in [0.2, 0.25) is 0 Å². The van der Waals surface area contributed by atoms with Crippen molar-refractivity contribution in [2.75, 3.05) is 0 Å². The first kappa shape index (κ1) is 12.8. The lowest BCUT2D eigenvalue weighted by Crippen LogP contribution is -2.05. The zero-order valence-corrected chi connectivity index (χ0v) is 11.9. The van der Waals surface area contributed by atoms with Gasteiger partial charge >= 0.3 is 0 Å². The van der Waals surface area contributed by atoms with E-state index in [1.807, 2.05) is 0 Å². The molecule has 2 heteroatoms. The van der Waals surface area contributed by atoms with Crippen LogP contribution in [0.5, 0.6) is 0 Å². The van der Waals surface area contributed by atoms with Crippen LogP contribution in [0.25, 0.3) is 0 Å². The molecule has 1 aliphatic carbocycles. The maximum Gasteiger partial charge on any atom is 0.147 e. The Balaban J connectivity index is 2.09. The van der Waals surface area contributed by atoms with E-state index in [9.17, 15) is 4.79 Å². The number of hydrogen-bond donors (Lipinski definition) is 0. The molecule has 1 unspecified atom stereocenters. The molecular formula is C15H19BrO. The summed E-state index contributed by atoms with van der Waals surface area (Å²) in [4.78, 5) is 11.1. The second-order valence-corrected chi connectivity index (χ2v) is 5.89. The van der Waals surface area contributed by atoms with Crippen LogP contribution >= 0.6 is 15.9 Å². The van der Waals surface area contributed by atoms with E-state index >= 15 is 0 Å². The van der Waals surface area contributed by atoms with E-state index in [0.29, 0.717) is 0 Å². The Morgan fingerprint density at radius 1 is 1.18 bits per heavy atom. The first-order valence-electron chi connectivity index (χ1n) is 6.43. The third kappa shape index (κ3) is 3.19. The highest BCUT2D eigenvalue weighted by Crippen LogP contribution is 2.33. The fourth-order valence-corrected chi connectivity index (χ4v) is 2.91. The van der Waals surface area contributed by atoms with Crippen molar-refractivity contribution in [1.29, 1.82) is 0 Å². The molecule has 17 heavy (non-hydrogen) atoms. The van der Waals surface area contributed by atoms with Crippen LogP contribution in [0.15, 0.2) is 24.3 Å². The molecular weight excluding hydrogens is 276 g/mol. The minimum absolute atomic E-state index is 0.150. The topological polar surface area (TPSA) is 17.1 Å². The third-order valence-electron chi connectivity index (χ3n) is 3.66. The molecule has 1 atom stereocenters. The predicted molar refractivity (Wildman–Crippen MR) is 74.6 cm³/mol. The smallest absolute Gasteiger partial charge is 0.147 e. The maximum absolute atomic E-state index is 11.3. The Hall–Kier alpha value is -0.630. The van der Waals surface area contributed by atoms with Crippen LogP contribution in [-0.4, -0.2) is 5.78 Å². The van der Waals surface area contributed by atoms with Crippen molar-refractivity contribution in [3.63, 3.8) is 0 Å². The zero-order chi connectivity index (χ0) is 12.3. The summed E-state index contributed by atoms with van der Waals surface area (Å²) in [5, 5.41) is 0. The molecule has 2 rings (SSSR count). The number of benzene rings is 1. The summed E-state index contributed by atoms with van der Waals surface area (Å²) >= 11 is 3.42. The van der Waals surface area contributed by atoms with E-state index in [1.165, 1.54) is 37.7 Å². The van der Waals surface area contributed by atoms with Gasteiger partial charge in [0.25, 0.3) is 0 Å². The van der Waals surface area contributed by atoms with Gasteiger partial charge in [0.15, 0.2) is 0 Å². The SMILES string of the molecule is CC(=O)C(Br)c1ccc(C2CCCCC2)cc1. The molecule has 0 N–H and O–H groups in total. The standard InChI is InChI=1S/C15H19BrO/c1-11(17)15(16)14-9-7-13(8-10-14)12-5-3-2-4-6-12/h7-10,12,15H,2-6H2,1H3. The van der Waals surface area contributed by atoms with Crippen LogP contribution in [0.2, 0.25) is 0 Å².